The minimum atomic E-state index is -4.77. The molecule has 0 aliphatic rings. The Bertz CT molecular complexity index is 1640. The van der Waals surface area contributed by atoms with E-state index in [1.807, 2.05) is 17.4 Å². The van der Waals surface area contributed by atoms with E-state index in [9.17, 15) is 47.4 Å². The number of aliphatic carboxylic acids is 1. The Balaban J connectivity index is 2.10. The smallest absolute Gasteiger partial charge is 0.401 e. The van der Waals surface area contributed by atoms with Crippen molar-refractivity contribution in [3.63, 3.8) is 0 Å². The predicted octanol–water partition coefficient (Wildman–Crippen LogP) is 1.68. The molecule has 0 saturated carbocycles. The maximum Gasteiger partial charge on any atom is 0.401 e. The van der Waals surface area contributed by atoms with Crippen LogP contribution in [0.2, 0.25) is 5.02 Å². The molecule has 54 heavy (non-hydrogen) atoms. The van der Waals surface area contributed by atoms with Gasteiger partial charge in [0.25, 0.3) is 5.91 Å². The maximum absolute atomic E-state index is 13.7. The molecule has 18 heteroatoms. The third kappa shape index (κ3) is 13.1. The first kappa shape index (κ1) is 45.2. The third-order valence-corrected chi connectivity index (χ3v) is 8.50. The van der Waals surface area contributed by atoms with Gasteiger partial charge in [-0.1, -0.05) is 49.2 Å². The molecule has 0 spiro atoms. The van der Waals surface area contributed by atoms with Crippen molar-refractivity contribution in [1.29, 1.82) is 0 Å². The van der Waals surface area contributed by atoms with Crippen molar-refractivity contribution in [3.05, 3.63) is 59.1 Å². The Morgan fingerprint density at radius 2 is 1.24 bits per heavy atom. The number of halogens is 3. The van der Waals surface area contributed by atoms with E-state index in [2.05, 4.69) is 21.3 Å². The van der Waals surface area contributed by atoms with Crippen molar-refractivity contribution in [2.75, 3.05) is 6.54 Å². The maximum atomic E-state index is 13.7. The number of Topliss-reactive ketones (excluding diaryl/α,β-unsaturated/α-hetero) is 1. The number of benzene rings is 2. The highest BCUT2D eigenvalue weighted by Gasteiger charge is 2.50. The fourth-order valence-corrected chi connectivity index (χ4v) is 5.22. The van der Waals surface area contributed by atoms with Gasteiger partial charge in [0.2, 0.25) is 29.4 Å². The number of hydrogen-bond donors (Lipinski definition) is 8. The topological polar surface area (TPSA) is 246 Å². The summed E-state index contributed by atoms with van der Waals surface area (Å²) in [6, 6.07) is 6.36. The Labute approximate surface area is 316 Å². The molecule has 6 atom stereocenters. The lowest BCUT2D eigenvalue weighted by Crippen LogP contribution is -2.60. The van der Waals surface area contributed by atoms with Crippen LogP contribution in [-0.2, 0) is 28.8 Å². The number of aliphatic hydroxyl groups is 1. The first-order chi connectivity index (χ1) is 25.3. The summed E-state index contributed by atoms with van der Waals surface area (Å²) in [6.07, 6.45) is -0.201. The van der Waals surface area contributed by atoms with Crippen molar-refractivity contribution in [2.45, 2.75) is 102 Å². The Morgan fingerprint density at radius 1 is 0.722 bits per heavy atom. The van der Waals surface area contributed by atoms with Gasteiger partial charge in [-0.3, -0.25) is 28.8 Å². The lowest BCUT2D eigenvalue weighted by molar-refractivity contribution is -0.172. The molecule has 296 valence electrons. The molecule has 0 aliphatic carbocycles. The molecule has 5 amide bonds. The SMILES string of the molecule is CCC[C@H](NC(=O)c1ccc(-c2ccc(Cl)cc2)cc1)C(=O)N[C@H](C(=O)N[C@@H](C)C(=O)N[C@@H](CCCCN)C(=O)NC(C)C(=O)C(F)(F)C(=O)O)[C@@H](C)O. The number of hydrogen-bond acceptors (Lipinski definition) is 9. The van der Waals surface area contributed by atoms with E-state index in [1.165, 1.54) is 13.8 Å². The van der Waals surface area contributed by atoms with Gasteiger partial charge < -0.3 is 42.5 Å². The lowest BCUT2D eigenvalue weighted by atomic mass is 10.0. The van der Waals surface area contributed by atoms with Crippen LogP contribution in [0.25, 0.3) is 11.1 Å². The summed E-state index contributed by atoms with van der Waals surface area (Å²) < 4.78 is 27.4. The normalized spacial score (nSPS) is 14.6. The van der Waals surface area contributed by atoms with Crippen LogP contribution in [-0.4, -0.2) is 100 Å². The summed E-state index contributed by atoms with van der Waals surface area (Å²) in [5.41, 5.74) is 7.47. The Hall–Kier alpha value is -5.00. The number of nitrogens with two attached hydrogens (primary N) is 1. The zero-order chi connectivity index (χ0) is 40.7. The number of carbonyl (C=O) groups excluding carboxylic acids is 6. The van der Waals surface area contributed by atoms with Gasteiger partial charge >= 0.3 is 11.9 Å². The second kappa shape index (κ2) is 21.0. The molecule has 2 aromatic carbocycles. The fraction of sp³-hybridized carbons (Fsp3) is 0.472. The zero-order valence-corrected chi connectivity index (χ0v) is 31.0. The molecular weight excluding hydrogens is 734 g/mol. The van der Waals surface area contributed by atoms with E-state index < -0.39 is 83.5 Å². The number of amides is 5. The van der Waals surface area contributed by atoms with Crippen LogP contribution in [0.3, 0.4) is 0 Å². The molecule has 2 rings (SSSR count). The average Bonchev–Trinajstić information content (AvgIpc) is 3.12. The highest BCUT2D eigenvalue weighted by molar-refractivity contribution is 6.30. The van der Waals surface area contributed by atoms with Gasteiger partial charge in [-0.2, -0.15) is 8.78 Å². The van der Waals surface area contributed by atoms with Gasteiger partial charge in [0.15, 0.2) is 0 Å². The van der Waals surface area contributed by atoms with E-state index in [-0.39, 0.29) is 31.4 Å². The van der Waals surface area contributed by atoms with E-state index >= 15 is 0 Å². The van der Waals surface area contributed by atoms with Crippen LogP contribution in [0.4, 0.5) is 8.78 Å². The molecule has 0 saturated heterocycles. The number of carbonyl (C=O) groups is 7. The van der Waals surface area contributed by atoms with Gasteiger partial charge in [-0.15, -0.1) is 0 Å². The number of rotatable bonds is 21. The van der Waals surface area contributed by atoms with Gasteiger partial charge in [-0.25, -0.2) is 4.79 Å². The van der Waals surface area contributed by atoms with E-state index in [4.69, 9.17) is 22.4 Å². The summed E-state index contributed by atoms with van der Waals surface area (Å²) in [4.78, 5) is 88.4. The summed E-state index contributed by atoms with van der Waals surface area (Å²) >= 11 is 5.96. The molecule has 0 heterocycles. The minimum absolute atomic E-state index is 0.0605. The molecule has 0 aliphatic heterocycles. The average molecular weight is 781 g/mol. The van der Waals surface area contributed by atoms with Crippen molar-refractivity contribution in [2.24, 2.45) is 5.73 Å². The number of unbranched alkanes of at least 4 members (excludes halogenated alkanes) is 1. The van der Waals surface area contributed by atoms with Gasteiger partial charge in [0.05, 0.1) is 12.1 Å². The van der Waals surface area contributed by atoms with Gasteiger partial charge in [-0.05, 0) is 88.4 Å². The summed E-state index contributed by atoms with van der Waals surface area (Å²) in [6.45, 7) is 5.32. The highest BCUT2D eigenvalue weighted by atomic mass is 35.5. The van der Waals surface area contributed by atoms with Crippen molar-refractivity contribution in [3.8, 4) is 11.1 Å². The fourth-order valence-electron chi connectivity index (χ4n) is 5.10. The Morgan fingerprint density at radius 3 is 1.76 bits per heavy atom. The molecule has 0 fully saturated rings. The zero-order valence-electron chi connectivity index (χ0n) is 30.3. The molecule has 0 bridgehead atoms. The molecule has 1 unspecified atom stereocenters. The molecule has 2 aromatic rings. The third-order valence-electron chi connectivity index (χ3n) is 8.25. The molecular formula is C36H47ClF2N6O9. The minimum Gasteiger partial charge on any atom is -0.476 e. The predicted molar refractivity (Wildman–Crippen MR) is 194 cm³/mol. The summed E-state index contributed by atoms with van der Waals surface area (Å²) in [5.74, 6) is -13.9. The van der Waals surface area contributed by atoms with Crippen molar-refractivity contribution < 1.29 is 52.6 Å². The van der Waals surface area contributed by atoms with Gasteiger partial charge in [0, 0.05) is 10.6 Å². The van der Waals surface area contributed by atoms with Gasteiger partial charge in [0.1, 0.15) is 24.2 Å². The second-order valence-electron chi connectivity index (χ2n) is 12.7. The lowest BCUT2D eigenvalue weighted by Gasteiger charge is -2.27. The molecule has 15 nitrogen and oxygen atoms in total. The summed E-state index contributed by atoms with van der Waals surface area (Å²) in [5, 5.41) is 31.4. The molecule has 0 aromatic heterocycles. The number of alkyl halides is 2. The van der Waals surface area contributed by atoms with Crippen LogP contribution in [0.1, 0.15) is 70.2 Å². The van der Waals surface area contributed by atoms with E-state index in [0.29, 0.717) is 17.9 Å². The number of carboxylic acid groups (broad SMARTS) is 1. The van der Waals surface area contributed by atoms with Crippen molar-refractivity contribution in [1.82, 2.24) is 26.6 Å². The highest BCUT2D eigenvalue weighted by Crippen LogP contribution is 2.22. The number of carboxylic acids is 1. The first-order valence-electron chi connectivity index (χ1n) is 17.3. The number of aliphatic hydroxyl groups excluding tert-OH is 1. The quantitative estimate of drug-likeness (QED) is 0.0673. The largest absolute Gasteiger partial charge is 0.476 e. The van der Waals surface area contributed by atoms with Crippen LogP contribution < -0.4 is 32.3 Å². The van der Waals surface area contributed by atoms with Crippen LogP contribution in [0, 0.1) is 0 Å². The molecule has 9 N–H and O–H groups in total. The standard InChI is InChI=1S/C36H47ClF2N6O9/c1-5-8-26(44-31(49)24-12-10-22(11-13-24)23-14-16-25(37)17-15-23)33(51)45-28(21(4)46)34(52)42-20(3)30(48)43-27(9-6-7-18-40)32(50)41-19(2)29(47)36(38,39)35(53)54/h10-17,19-21,26-28,46H,5-9,18,40H2,1-4H3,(H,41,50)(H,42,52)(H,43,48)(H,44,49)(H,45,51)(H,53,54)/t19?,20-,21+,26-,27-,28-/m0/s1. The summed E-state index contributed by atoms with van der Waals surface area (Å²) in [7, 11) is 0. The molecule has 0 radical (unpaired) electrons. The Kier molecular flexibility index (Phi) is 17.6. The first-order valence-corrected chi connectivity index (χ1v) is 17.6. The van der Waals surface area contributed by atoms with Crippen LogP contribution >= 0.6 is 11.6 Å². The monoisotopic (exact) mass is 780 g/mol. The number of ketones is 1. The van der Waals surface area contributed by atoms with Crippen LogP contribution in [0.15, 0.2) is 48.5 Å². The van der Waals surface area contributed by atoms with Crippen LogP contribution in [0.5, 0.6) is 0 Å². The number of nitrogens with one attached hydrogen (secondary N) is 5. The van der Waals surface area contributed by atoms with E-state index in [1.54, 1.807) is 43.3 Å². The van der Waals surface area contributed by atoms with E-state index in [0.717, 1.165) is 18.1 Å². The van der Waals surface area contributed by atoms with Crippen molar-refractivity contribution >= 4 is 52.9 Å². The second-order valence-corrected chi connectivity index (χ2v) is 13.1.